The topological polar surface area (TPSA) is 80.6 Å². The molecule has 0 spiro atoms. The quantitative estimate of drug-likeness (QED) is 0.838. The molecule has 1 N–H and O–H groups in total. The van der Waals surface area contributed by atoms with Crippen LogP contribution in [-0.4, -0.2) is 26.2 Å². The Morgan fingerprint density at radius 2 is 1.92 bits per heavy atom. The van der Waals surface area contributed by atoms with E-state index in [-0.39, 0.29) is 5.91 Å². The Balaban J connectivity index is 1.94. The van der Waals surface area contributed by atoms with Gasteiger partial charge in [-0.2, -0.15) is 5.26 Å². The molecule has 0 fully saturated rings. The van der Waals surface area contributed by atoms with E-state index in [1.165, 1.54) is 0 Å². The maximum atomic E-state index is 12.2. The van der Waals surface area contributed by atoms with Crippen LogP contribution in [0, 0.1) is 11.3 Å². The van der Waals surface area contributed by atoms with E-state index in [2.05, 4.69) is 5.32 Å². The minimum Gasteiger partial charge on any atom is -0.493 e. The Labute approximate surface area is 146 Å². The van der Waals surface area contributed by atoms with Gasteiger partial charge >= 0.3 is 0 Å². The number of carbonyl (C=O) groups excluding carboxylic acids is 1. The summed E-state index contributed by atoms with van der Waals surface area (Å²) in [6.07, 6.45) is -0.686. The number of ether oxygens (including phenoxy) is 3. The van der Waals surface area contributed by atoms with Gasteiger partial charge in [-0.25, -0.2) is 0 Å². The third kappa shape index (κ3) is 4.88. The molecular formula is C19H20N2O4. The average molecular weight is 340 g/mol. The molecule has 0 unspecified atom stereocenters. The number of nitrogens with zero attached hydrogens (tertiary/aromatic N) is 1. The molecule has 0 saturated heterocycles. The van der Waals surface area contributed by atoms with Gasteiger partial charge in [-0.3, -0.25) is 4.79 Å². The lowest BCUT2D eigenvalue weighted by molar-refractivity contribution is -0.127. The van der Waals surface area contributed by atoms with E-state index in [0.717, 1.165) is 5.56 Å². The molecule has 6 heteroatoms. The summed E-state index contributed by atoms with van der Waals surface area (Å²) >= 11 is 0. The zero-order chi connectivity index (χ0) is 18.2. The van der Waals surface area contributed by atoms with E-state index in [1.807, 2.05) is 12.1 Å². The predicted molar refractivity (Wildman–Crippen MR) is 92.6 cm³/mol. The normalized spacial score (nSPS) is 11.1. The first-order chi connectivity index (χ1) is 12.1. The first kappa shape index (κ1) is 18.1. The van der Waals surface area contributed by atoms with Gasteiger partial charge in [-0.05, 0) is 42.8 Å². The van der Waals surface area contributed by atoms with Gasteiger partial charge in [0, 0.05) is 6.54 Å². The number of hydrogen-bond donors (Lipinski definition) is 1. The summed E-state index contributed by atoms with van der Waals surface area (Å²) in [5, 5.41) is 11.7. The number of methoxy groups -OCH3 is 2. The zero-order valence-electron chi connectivity index (χ0n) is 14.4. The van der Waals surface area contributed by atoms with E-state index in [4.69, 9.17) is 19.5 Å². The van der Waals surface area contributed by atoms with Crippen molar-refractivity contribution >= 4 is 5.91 Å². The van der Waals surface area contributed by atoms with Crippen molar-refractivity contribution in [3.05, 3.63) is 53.6 Å². The van der Waals surface area contributed by atoms with E-state index < -0.39 is 6.10 Å². The number of rotatable bonds is 7. The van der Waals surface area contributed by atoms with Crippen LogP contribution in [0.3, 0.4) is 0 Å². The Bertz CT molecular complexity index is 783. The predicted octanol–water partition coefficient (Wildman–Crippen LogP) is 2.66. The molecular weight excluding hydrogens is 320 g/mol. The van der Waals surface area contributed by atoms with Gasteiger partial charge in [0.2, 0.25) is 0 Å². The monoisotopic (exact) mass is 340 g/mol. The highest BCUT2D eigenvalue weighted by molar-refractivity contribution is 5.80. The van der Waals surface area contributed by atoms with E-state index in [0.29, 0.717) is 29.4 Å². The molecule has 0 aliphatic heterocycles. The van der Waals surface area contributed by atoms with E-state index in [9.17, 15) is 4.79 Å². The molecule has 0 heterocycles. The van der Waals surface area contributed by atoms with Gasteiger partial charge in [0.05, 0.1) is 25.9 Å². The van der Waals surface area contributed by atoms with Crippen LogP contribution in [0.15, 0.2) is 42.5 Å². The highest BCUT2D eigenvalue weighted by atomic mass is 16.5. The molecule has 0 saturated carbocycles. The Hall–Kier alpha value is -3.20. The van der Waals surface area contributed by atoms with Crippen molar-refractivity contribution < 1.29 is 19.0 Å². The van der Waals surface area contributed by atoms with Gasteiger partial charge in [0.1, 0.15) is 5.75 Å². The minimum absolute atomic E-state index is 0.253. The Morgan fingerprint density at radius 3 is 2.60 bits per heavy atom. The summed E-state index contributed by atoms with van der Waals surface area (Å²) in [4.78, 5) is 12.2. The zero-order valence-corrected chi connectivity index (χ0v) is 14.4. The van der Waals surface area contributed by atoms with Gasteiger partial charge in [0.15, 0.2) is 17.6 Å². The molecule has 0 radical (unpaired) electrons. The molecule has 0 aliphatic carbocycles. The fourth-order valence-corrected chi connectivity index (χ4v) is 2.22. The second-order valence-corrected chi connectivity index (χ2v) is 5.31. The largest absolute Gasteiger partial charge is 0.493 e. The van der Waals surface area contributed by atoms with Gasteiger partial charge in [-0.15, -0.1) is 0 Å². The molecule has 0 aliphatic rings. The standard InChI is InChI=1S/C19H20N2O4/c1-13(25-16-6-4-5-14(9-16)11-20)19(22)21-12-15-7-8-17(23-2)18(10-15)24-3/h4-10,13H,12H2,1-3H3,(H,21,22)/t13-/m1/s1. The van der Waals surface area contributed by atoms with Crippen molar-refractivity contribution in [1.82, 2.24) is 5.32 Å². The van der Waals surface area contributed by atoms with Crippen LogP contribution in [0.4, 0.5) is 0 Å². The van der Waals surface area contributed by atoms with Crippen molar-refractivity contribution in [3.63, 3.8) is 0 Å². The third-order valence-electron chi connectivity index (χ3n) is 3.56. The highest BCUT2D eigenvalue weighted by Gasteiger charge is 2.15. The van der Waals surface area contributed by atoms with Crippen LogP contribution < -0.4 is 19.5 Å². The molecule has 0 aromatic heterocycles. The van der Waals surface area contributed by atoms with E-state index in [1.54, 1.807) is 57.5 Å². The van der Waals surface area contributed by atoms with Crippen LogP contribution in [0.25, 0.3) is 0 Å². The Morgan fingerprint density at radius 1 is 1.16 bits per heavy atom. The number of benzene rings is 2. The van der Waals surface area contributed by atoms with Gasteiger partial charge in [0.25, 0.3) is 5.91 Å². The molecule has 1 amide bonds. The first-order valence-corrected chi connectivity index (χ1v) is 7.72. The van der Waals surface area contributed by atoms with Crippen molar-refractivity contribution in [1.29, 1.82) is 5.26 Å². The van der Waals surface area contributed by atoms with Gasteiger partial charge in [-0.1, -0.05) is 12.1 Å². The lowest BCUT2D eigenvalue weighted by Crippen LogP contribution is -2.35. The second-order valence-electron chi connectivity index (χ2n) is 5.31. The molecule has 130 valence electrons. The van der Waals surface area contributed by atoms with Gasteiger partial charge < -0.3 is 19.5 Å². The van der Waals surface area contributed by atoms with Crippen molar-refractivity contribution in [2.24, 2.45) is 0 Å². The number of nitrogens with one attached hydrogen (secondary N) is 1. The number of nitriles is 1. The molecule has 2 aromatic carbocycles. The van der Waals surface area contributed by atoms with Crippen LogP contribution in [0.1, 0.15) is 18.1 Å². The van der Waals surface area contributed by atoms with Crippen LogP contribution in [0.5, 0.6) is 17.2 Å². The highest BCUT2D eigenvalue weighted by Crippen LogP contribution is 2.27. The minimum atomic E-state index is -0.686. The van der Waals surface area contributed by atoms with Crippen molar-refractivity contribution in [3.8, 4) is 23.3 Å². The molecule has 6 nitrogen and oxygen atoms in total. The second kappa shape index (κ2) is 8.60. The van der Waals surface area contributed by atoms with Crippen LogP contribution in [-0.2, 0) is 11.3 Å². The summed E-state index contributed by atoms with van der Waals surface area (Å²) in [5.74, 6) is 1.46. The lowest BCUT2D eigenvalue weighted by Gasteiger charge is -2.15. The molecule has 2 aromatic rings. The average Bonchev–Trinajstić information content (AvgIpc) is 2.65. The summed E-state index contributed by atoms with van der Waals surface area (Å²) in [6.45, 7) is 1.99. The summed E-state index contributed by atoms with van der Waals surface area (Å²) in [7, 11) is 3.13. The molecule has 0 bridgehead atoms. The van der Waals surface area contributed by atoms with E-state index >= 15 is 0 Å². The fourth-order valence-electron chi connectivity index (χ4n) is 2.22. The number of carbonyl (C=O) groups is 1. The summed E-state index contributed by atoms with van der Waals surface area (Å²) < 4.78 is 16.0. The number of hydrogen-bond acceptors (Lipinski definition) is 5. The molecule has 2 rings (SSSR count). The van der Waals surface area contributed by atoms with Crippen LogP contribution >= 0.6 is 0 Å². The maximum Gasteiger partial charge on any atom is 0.261 e. The summed E-state index contributed by atoms with van der Waals surface area (Å²) in [6, 6.07) is 14.2. The van der Waals surface area contributed by atoms with Crippen LogP contribution in [0.2, 0.25) is 0 Å². The smallest absolute Gasteiger partial charge is 0.261 e. The first-order valence-electron chi connectivity index (χ1n) is 7.72. The van der Waals surface area contributed by atoms with Crippen molar-refractivity contribution in [2.75, 3.05) is 14.2 Å². The third-order valence-corrected chi connectivity index (χ3v) is 3.56. The molecule has 1 atom stereocenters. The SMILES string of the molecule is COc1ccc(CNC(=O)[C@@H](C)Oc2cccc(C#N)c2)cc1OC. The number of amides is 1. The molecule has 25 heavy (non-hydrogen) atoms. The summed E-state index contributed by atoms with van der Waals surface area (Å²) in [5.41, 5.74) is 1.36. The Kier molecular flexibility index (Phi) is 6.24. The van der Waals surface area contributed by atoms with Crippen molar-refractivity contribution in [2.45, 2.75) is 19.6 Å². The maximum absolute atomic E-state index is 12.2. The fraction of sp³-hybridized carbons (Fsp3) is 0.263. The lowest BCUT2D eigenvalue weighted by atomic mass is 10.2.